The van der Waals surface area contributed by atoms with E-state index < -0.39 is 5.41 Å². The van der Waals surface area contributed by atoms with E-state index in [9.17, 15) is 14.9 Å². The molecule has 9 nitrogen and oxygen atoms in total. The molecule has 2 rings (SSSR count). The minimum atomic E-state index is -0.457. The third kappa shape index (κ3) is 5.38. The average molecular weight is 438 g/mol. The lowest BCUT2D eigenvalue weighted by molar-refractivity contribution is -0.114. The number of rotatable bonds is 7. The van der Waals surface area contributed by atoms with Gasteiger partial charge in [0.05, 0.1) is 11.4 Å². The zero-order chi connectivity index (χ0) is 24.1. The van der Waals surface area contributed by atoms with Gasteiger partial charge in [0.15, 0.2) is 5.82 Å². The van der Waals surface area contributed by atoms with E-state index in [1.165, 1.54) is 6.92 Å². The second-order valence-corrected chi connectivity index (χ2v) is 8.32. The number of azo groups is 1. The Morgan fingerprint density at radius 2 is 1.84 bits per heavy atom. The lowest BCUT2D eigenvalue weighted by Gasteiger charge is -2.22. The van der Waals surface area contributed by atoms with E-state index in [1.54, 1.807) is 13.0 Å². The van der Waals surface area contributed by atoms with Crippen LogP contribution in [-0.2, 0) is 10.2 Å². The van der Waals surface area contributed by atoms with Crippen LogP contribution in [-0.4, -0.2) is 34.7 Å². The summed E-state index contributed by atoms with van der Waals surface area (Å²) in [5.74, 6) is -0.437. The molecule has 0 aliphatic rings. The molecule has 1 amide bonds. The van der Waals surface area contributed by atoms with Gasteiger partial charge in [0, 0.05) is 37.5 Å². The molecule has 170 valence electrons. The summed E-state index contributed by atoms with van der Waals surface area (Å²) in [6.07, 6.45) is 0.203. The summed E-state index contributed by atoms with van der Waals surface area (Å²) in [6, 6.07) is 7.61. The quantitative estimate of drug-likeness (QED) is 0.588. The van der Waals surface area contributed by atoms with Crippen LogP contribution in [0.4, 0.5) is 22.9 Å². The van der Waals surface area contributed by atoms with Crippen LogP contribution in [0.2, 0.25) is 0 Å². The van der Waals surface area contributed by atoms with Crippen LogP contribution in [0.5, 0.6) is 0 Å². The Hall–Kier alpha value is -3.54. The Labute approximate surface area is 189 Å². The van der Waals surface area contributed by atoms with Gasteiger partial charge >= 0.3 is 0 Å². The van der Waals surface area contributed by atoms with Gasteiger partial charge in [0.1, 0.15) is 17.3 Å². The topological polar surface area (TPSA) is 116 Å². The molecule has 0 aliphatic carbocycles. The summed E-state index contributed by atoms with van der Waals surface area (Å²) in [5, 5.41) is 25.5. The third-order valence-corrected chi connectivity index (χ3v) is 4.89. The smallest absolute Gasteiger partial charge is 0.248 e. The summed E-state index contributed by atoms with van der Waals surface area (Å²) in [6.45, 7) is 14.6. The number of hydrogen-bond donors (Lipinski definition) is 1. The Morgan fingerprint density at radius 3 is 2.34 bits per heavy atom. The van der Waals surface area contributed by atoms with E-state index in [4.69, 9.17) is 0 Å². The monoisotopic (exact) mass is 437 g/mol. The van der Waals surface area contributed by atoms with Crippen LogP contribution in [0.15, 0.2) is 28.4 Å². The lowest BCUT2D eigenvalue weighted by atomic mass is 9.90. The van der Waals surface area contributed by atoms with Crippen LogP contribution in [0.3, 0.4) is 0 Å². The molecular weight excluding hydrogens is 406 g/mol. The molecule has 0 unspecified atom stereocenters. The summed E-state index contributed by atoms with van der Waals surface area (Å²) >= 11 is 0. The van der Waals surface area contributed by atoms with Gasteiger partial charge in [-0.25, -0.2) is 0 Å². The van der Waals surface area contributed by atoms with Crippen molar-refractivity contribution in [2.45, 2.75) is 60.3 Å². The Morgan fingerprint density at radius 1 is 1.19 bits per heavy atom. The van der Waals surface area contributed by atoms with Gasteiger partial charge in [-0.1, -0.05) is 27.7 Å². The van der Waals surface area contributed by atoms with Gasteiger partial charge in [-0.3, -0.25) is 9.59 Å². The Bertz CT molecular complexity index is 1070. The van der Waals surface area contributed by atoms with Crippen molar-refractivity contribution in [1.82, 2.24) is 9.78 Å². The summed E-state index contributed by atoms with van der Waals surface area (Å²) in [7, 11) is 0. The van der Waals surface area contributed by atoms with E-state index in [0.29, 0.717) is 17.1 Å². The molecule has 0 spiro atoms. The second kappa shape index (κ2) is 10.2. The Kier molecular flexibility index (Phi) is 7.87. The molecule has 1 aromatic carbocycles. The van der Waals surface area contributed by atoms with E-state index in [0.717, 1.165) is 23.5 Å². The van der Waals surface area contributed by atoms with E-state index in [1.807, 2.05) is 32.9 Å². The molecule has 2 aromatic rings. The minimum Gasteiger partial charge on any atom is -0.372 e. The van der Waals surface area contributed by atoms with Crippen molar-refractivity contribution in [3.63, 3.8) is 0 Å². The van der Waals surface area contributed by atoms with Crippen LogP contribution < -0.4 is 10.2 Å². The van der Waals surface area contributed by atoms with Crippen molar-refractivity contribution in [3.8, 4) is 6.07 Å². The molecule has 0 radical (unpaired) electrons. The molecule has 0 saturated carbocycles. The van der Waals surface area contributed by atoms with Crippen LogP contribution in [0.25, 0.3) is 0 Å². The summed E-state index contributed by atoms with van der Waals surface area (Å²) in [4.78, 5) is 26.4. The molecule has 9 heteroatoms. The van der Waals surface area contributed by atoms with Gasteiger partial charge in [0.2, 0.25) is 11.8 Å². The van der Waals surface area contributed by atoms with E-state index >= 15 is 0 Å². The number of hydrogen-bond acceptors (Lipinski definition) is 7. The first-order valence-electron chi connectivity index (χ1n) is 10.7. The van der Waals surface area contributed by atoms with Crippen molar-refractivity contribution in [1.29, 1.82) is 5.26 Å². The highest BCUT2D eigenvalue weighted by atomic mass is 16.2. The molecule has 0 aliphatic heterocycles. The molecule has 32 heavy (non-hydrogen) atoms. The average Bonchev–Trinajstić information content (AvgIpc) is 3.12. The normalized spacial score (nSPS) is 11.4. The number of nitriles is 1. The van der Waals surface area contributed by atoms with Crippen molar-refractivity contribution in [3.05, 3.63) is 29.5 Å². The molecule has 0 saturated heterocycles. The number of benzene rings is 1. The third-order valence-electron chi connectivity index (χ3n) is 4.89. The first-order valence-corrected chi connectivity index (χ1v) is 10.7. The Balaban J connectivity index is 2.63. The SMILES string of the molecule is CCC(=O)n1nc(C(C)(C)C)c(C#N)c1/N=N/c1ccc(N(CC)CC)cc1NC(C)=O. The maximum atomic E-state index is 12.5. The number of amides is 1. The number of aromatic nitrogens is 2. The fourth-order valence-corrected chi connectivity index (χ4v) is 3.24. The van der Waals surface area contributed by atoms with Gasteiger partial charge in [-0.2, -0.15) is 15.0 Å². The molecule has 1 aromatic heterocycles. The number of nitrogens with one attached hydrogen (secondary N) is 1. The van der Waals surface area contributed by atoms with Crippen LogP contribution in [0, 0.1) is 11.3 Å². The fraction of sp³-hybridized carbons (Fsp3) is 0.478. The van der Waals surface area contributed by atoms with E-state index in [2.05, 4.69) is 45.5 Å². The van der Waals surface area contributed by atoms with Gasteiger partial charge < -0.3 is 10.2 Å². The first-order chi connectivity index (χ1) is 15.1. The lowest BCUT2D eigenvalue weighted by Crippen LogP contribution is -2.21. The molecular formula is C23H31N7O2. The maximum Gasteiger partial charge on any atom is 0.248 e. The fourth-order valence-electron chi connectivity index (χ4n) is 3.24. The van der Waals surface area contributed by atoms with Crippen molar-refractivity contribution in [2.24, 2.45) is 10.2 Å². The highest BCUT2D eigenvalue weighted by Gasteiger charge is 2.29. The van der Waals surface area contributed by atoms with Crippen LogP contribution in [0.1, 0.15) is 70.9 Å². The number of anilines is 2. The predicted octanol–water partition coefficient (Wildman–Crippen LogP) is 5.32. The van der Waals surface area contributed by atoms with Gasteiger partial charge in [0.25, 0.3) is 0 Å². The van der Waals surface area contributed by atoms with Crippen molar-refractivity contribution >= 4 is 34.7 Å². The highest BCUT2D eigenvalue weighted by molar-refractivity contribution is 5.93. The first kappa shape index (κ1) is 24.7. The summed E-state index contributed by atoms with van der Waals surface area (Å²) < 4.78 is 1.14. The molecule has 1 heterocycles. The van der Waals surface area contributed by atoms with E-state index in [-0.39, 0.29) is 29.6 Å². The molecule has 0 fully saturated rings. The number of carbonyl (C=O) groups is 2. The minimum absolute atomic E-state index is 0.0888. The van der Waals surface area contributed by atoms with Gasteiger partial charge in [-0.05, 0) is 32.0 Å². The summed E-state index contributed by atoms with van der Waals surface area (Å²) in [5.41, 5.74) is 2.08. The molecule has 0 atom stereocenters. The highest BCUT2D eigenvalue weighted by Crippen LogP contribution is 2.35. The second-order valence-electron chi connectivity index (χ2n) is 8.32. The van der Waals surface area contributed by atoms with Gasteiger partial charge in [-0.15, -0.1) is 10.2 Å². The van der Waals surface area contributed by atoms with Crippen molar-refractivity contribution in [2.75, 3.05) is 23.3 Å². The van der Waals surface area contributed by atoms with Crippen LogP contribution >= 0.6 is 0 Å². The van der Waals surface area contributed by atoms with Crippen molar-refractivity contribution < 1.29 is 9.59 Å². The zero-order valence-electron chi connectivity index (χ0n) is 19.9. The standard InChI is InChI=1S/C23H31N7O2/c1-8-20(32)30-22(17(14-24)21(28-30)23(5,6)7)27-26-18-12-11-16(29(9-2)10-3)13-19(18)25-15(4)31/h11-13H,8-10H2,1-7H3,(H,25,31)/b27-26+. The maximum absolute atomic E-state index is 12.5. The zero-order valence-corrected chi connectivity index (χ0v) is 19.9. The largest absolute Gasteiger partial charge is 0.372 e. The number of carbonyl (C=O) groups excluding carboxylic acids is 2. The predicted molar refractivity (Wildman–Crippen MR) is 125 cm³/mol. The molecule has 0 bridgehead atoms. The molecule has 1 N–H and O–H groups in total. The number of nitrogens with zero attached hydrogens (tertiary/aromatic N) is 6.